The molecule has 144 valence electrons. The molecule has 0 spiro atoms. The van der Waals surface area contributed by atoms with Crippen molar-refractivity contribution in [2.75, 3.05) is 7.11 Å². The number of methoxy groups -OCH3 is 1. The lowest BCUT2D eigenvalue weighted by Crippen LogP contribution is -2.32. The van der Waals surface area contributed by atoms with Gasteiger partial charge in [0.25, 0.3) is 0 Å². The standard InChI is InChI=1S/C21H22N4O3/c1-27-17-9-5-15(6-10-17)14-25(16-7-8-16)20(26)12-11-19-23-21(24-28-19)18-4-2-3-13-22-18/h2-6,9-10,13,16H,7-8,11-12,14H2,1H3. The van der Waals surface area contributed by atoms with E-state index in [1.165, 1.54) is 0 Å². The summed E-state index contributed by atoms with van der Waals surface area (Å²) < 4.78 is 10.5. The van der Waals surface area contributed by atoms with E-state index in [0.717, 1.165) is 24.2 Å². The Labute approximate surface area is 163 Å². The number of nitrogens with zero attached hydrogens (tertiary/aromatic N) is 4. The predicted octanol–water partition coefficient (Wildman–Crippen LogP) is 3.26. The highest BCUT2D eigenvalue weighted by molar-refractivity contribution is 5.77. The molecule has 3 aromatic rings. The van der Waals surface area contributed by atoms with Crippen LogP contribution < -0.4 is 4.74 Å². The van der Waals surface area contributed by atoms with Crippen molar-refractivity contribution >= 4 is 5.91 Å². The molecule has 0 radical (unpaired) electrons. The van der Waals surface area contributed by atoms with Gasteiger partial charge in [-0.3, -0.25) is 9.78 Å². The Balaban J connectivity index is 1.36. The summed E-state index contributed by atoms with van der Waals surface area (Å²) in [6.07, 6.45) is 4.57. The van der Waals surface area contributed by atoms with E-state index < -0.39 is 0 Å². The lowest BCUT2D eigenvalue weighted by molar-refractivity contribution is -0.132. The van der Waals surface area contributed by atoms with Crippen molar-refractivity contribution in [2.24, 2.45) is 0 Å². The van der Waals surface area contributed by atoms with Crippen molar-refractivity contribution in [3.8, 4) is 17.3 Å². The van der Waals surface area contributed by atoms with Gasteiger partial charge in [-0.1, -0.05) is 23.4 Å². The van der Waals surface area contributed by atoms with Gasteiger partial charge in [0.05, 0.1) is 7.11 Å². The SMILES string of the molecule is COc1ccc(CN(C(=O)CCc2nc(-c3ccccn3)no2)C2CC2)cc1. The van der Waals surface area contributed by atoms with Crippen LogP contribution in [0.3, 0.4) is 0 Å². The number of aromatic nitrogens is 3. The van der Waals surface area contributed by atoms with Gasteiger partial charge in [-0.2, -0.15) is 4.98 Å². The monoisotopic (exact) mass is 378 g/mol. The first-order valence-electron chi connectivity index (χ1n) is 9.39. The Hall–Kier alpha value is -3.22. The minimum Gasteiger partial charge on any atom is -0.497 e. The molecular weight excluding hydrogens is 356 g/mol. The van der Waals surface area contributed by atoms with Gasteiger partial charge < -0.3 is 14.2 Å². The zero-order valence-electron chi connectivity index (χ0n) is 15.7. The molecule has 7 heteroatoms. The summed E-state index contributed by atoms with van der Waals surface area (Å²) in [5.41, 5.74) is 1.75. The van der Waals surface area contributed by atoms with Crippen LogP contribution in [0.4, 0.5) is 0 Å². The molecule has 1 amide bonds. The van der Waals surface area contributed by atoms with Gasteiger partial charge in [0, 0.05) is 31.6 Å². The van der Waals surface area contributed by atoms with Crippen molar-refractivity contribution in [3.63, 3.8) is 0 Å². The fourth-order valence-corrected chi connectivity index (χ4v) is 3.05. The summed E-state index contributed by atoms with van der Waals surface area (Å²) >= 11 is 0. The Morgan fingerprint density at radius 3 is 2.71 bits per heavy atom. The molecule has 1 saturated carbocycles. The lowest BCUT2D eigenvalue weighted by Gasteiger charge is -2.22. The molecular formula is C21H22N4O3. The third kappa shape index (κ3) is 4.36. The van der Waals surface area contributed by atoms with Crippen molar-refractivity contribution in [1.82, 2.24) is 20.0 Å². The number of amides is 1. The van der Waals surface area contributed by atoms with Crippen LogP contribution in [0, 0.1) is 0 Å². The van der Waals surface area contributed by atoms with Gasteiger partial charge in [0.15, 0.2) is 0 Å². The van der Waals surface area contributed by atoms with E-state index in [-0.39, 0.29) is 5.91 Å². The molecule has 2 aromatic heterocycles. The minimum atomic E-state index is 0.107. The minimum absolute atomic E-state index is 0.107. The van der Waals surface area contributed by atoms with Crippen LogP contribution in [0.25, 0.3) is 11.5 Å². The Kier molecular flexibility index (Phi) is 5.32. The van der Waals surface area contributed by atoms with E-state index >= 15 is 0 Å². The predicted molar refractivity (Wildman–Crippen MR) is 102 cm³/mol. The molecule has 7 nitrogen and oxygen atoms in total. The van der Waals surface area contributed by atoms with Gasteiger partial charge in [-0.25, -0.2) is 0 Å². The molecule has 1 fully saturated rings. The summed E-state index contributed by atoms with van der Waals surface area (Å²) in [7, 11) is 1.64. The quantitative estimate of drug-likeness (QED) is 0.598. The van der Waals surface area contributed by atoms with Crippen LogP contribution in [0.5, 0.6) is 5.75 Å². The topological polar surface area (TPSA) is 81.4 Å². The number of benzene rings is 1. The van der Waals surface area contributed by atoms with E-state index in [1.54, 1.807) is 13.3 Å². The van der Waals surface area contributed by atoms with E-state index in [0.29, 0.717) is 42.8 Å². The van der Waals surface area contributed by atoms with Crippen molar-refractivity contribution in [1.29, 1.82) is 0 Å². The van der Waals surface area contributed by atoms with Crippen LogP contribution in [0.2, 0.25) is 0 Å². The van der Waals surface area contributed by atoms with Crippen LogP contribution in [0.1, 0.15) is 30.7 Å². The van der Waals surface area contributed by atoms with Crippen LogP contribution in [-0.4, -0.2) is 39.1 Å². The van der Waals surface area contributed by atoms with Gasteiger partial charge in [-0.05, 0) is 42.7 Å². The molecule has 1 aliphatic rings. The Morgan fingerprint density at radius 1 is 1.21 bits per heavy atom. The number of carbonyl (C=O) groups excluding carboxylic acids is 1. The number of pyridine rings is 1. The lowest BCUT2D eigenvalue weighted by atomic mass is 10.2. The zero-order valence-corrected chi connectivity index (χ0v) is 15.7. The Bertz CT molecular complexity index is 920. The highest BCUT2D eigenvalue weighted by Crippen LogP contribution is 2.29. The van der Waals surface area contributed by atoms with Crippen molar-refractivity contribution < 1.29 is 14.1 Å². The van der Waals surface area contributed by atoms with Gasteiger partial charge in [-0.15, -0.1) is 0 Å². The van der Waals surface area contributed by atoms with Crippen LogP contribution >= 0.6 is 0 Å². The molecule has 1 aromatic carbocycles. The third-order valence-electron chi connectivity index (χ3n) is 4.73. The average molecular weight is 378 g/mol. The fourth-order valence-electron chi connectivity index (χ4n) is 3.05. The number of hydrogen-bond donors (Lipinski definition) is 0. The number of aryl methyl sites for hydroxylation is 1. The first-order valence-corrected chi connectivity index (χ1v) is 9.39. The summed E-state index contributed by atoms with van der Waals surface area (Å²) in [6.45, 7) is 0.608. The summed E-state index contributed by atoms with van der Waals surface area (Å²) in [6, 6.07) is 13.7. The highest BCUT2D eigenvalue weighted by Gasteiger charge is 2.32. The first-order chi connectivity index (χ1) is 13.7. The molecule has 0 atom stereocenters. The van der Waals surface area contributed by atoms with E-state index in [1.807, 2.05) is 47.4 Å². The second kappa shape index (κ2) is 8.21. The Morgan fingerprint density at radius 2 is 2.04 bits per heavy atom. The molecule has 0 N–H and O–H groups in total. The summed E-state index contributed by atoms with van der Waals surface area (Å²) in [5.74, 6) is 1.82. The van der Waals surface area contributed by atoms with Gasteiger partial charge in [0.2, 0.25) is 17.6 Å². The second-order valence-corrected chi connectivity index (χ2v) is 6.83. The normalized spacial score (nSPS) is 13.3. The third-order valence-corrected chi connectivity index (χ3v) is 4.73. The molecule has 1 aliphatic carbocycles. The molecule has 0 unspecified atom stereocenters. The van der Waals surface area contributed by atoms with E-state index in [4.69, 9.17) is 9.26 Å². The second-order valence-electron chi connectivity index (χ2n) is 6.83. The summed E-state index contributed by atoms with van der Waals surface area (Å²) in [5, 5.41) is 3.96. The maximum absolute atomic E-state index is 12.8. The molecule has 0 bridgehead atoms. The first kappa shape index (κ1) is 18.2. The maximum Gasteiger partial charge on any atom is 0.227 e. The number of rotatable bonds is 8. The van der Waals surface area contributed by atoms with Crippen LogP contribution in [-0.2, 0) is 17.8 Å². The highest BCUT2D eigenvalue weighted by atomic mass is 16.5. The van der Waals surface area contributed by atoms with Crippen molar-refractivity contribution in [3.05, 3.63) is 60.1 Å². The number of ether oxygens (including phenoxy) is 1. The zero-order chi connectivity index (χ0) is 19.3. The molecule has 0 saturated heterocycles. The average Bonchev–Trinajstić information content (AvgIpc) is 3.48. The van der Waals surface area contributed by atoms with Gasteiger partial charge >= 0.3 is 0 Å². The molecule has 28 heavy (non-hydrogen) atoms. The summed E-state index contributed by atoms with van der Waals surface area (Å²) in [4.78, 5) is 23.3. The molecule has 4 rings (SSSR count). The van der Waals surface area contributed by atoms with E-state index in [9.17, 15) is 4.79 Å². The number of carbonyl (C=O) groups is 1. The fraction of sp³-hybridized carbons (Fsp3) is 0.333. The van der Waals surface area contributed by atoms with Crippen LogP contribution in [0.15, 0.2) is 53.2 Å². The largest absolute Gasteiger partial charge is 0.497 e. The molecule has 2 heterocycles. The van der Waals surface area contributed by atoms with Crippen molar-refractivity contribution in [2.45, 2.75) is 38.3 Å². The smallest absolute Gasteiger partial charge is 0.227 e. The van der Waals surface area contributed by atoms with E-state index in [2.05, 4.69) is 15.1 Å². The number of hydrogen-bond acceptors (Lipinski definition) is 6. The molecule has 0 aliphatic heterocycles. The van der Waals surface area contributed by atoms with Gasteiger partial charge in [0.1, 0.15) is 11.4 Å². The maximum atomic E-state index is 12.8.